The third-order valence-electron chi connectivity index (χ3n) is 3.33. The summed E-state index contributed by atoms with van der Waals surface area (Å²) in [6, 6.07) is 8.37. The Bertz CT molecular complexity index is 492. The van der Waals surface area contributed by atoms with E-state index in [4.69, 9.17) is 13.1 Å². The van der Waals surface area contributed by atoms with Crippen molar-refractivity contribution < 1.29 is 21.5 Å². The number of hydrogen-bond donors (Lipinski definition) is 1. The first-order valence-electron chi connectivity index (χ1n) is 9.27. The summed E-state index contributed by atoms with van der Waals surface area (Å²) in [5.74, 6) is 0.270. The van der Waals surface area contributed by atoms with E-state index >= 15 is 0 Å². The lowest BCUT2D eigenvalue weighted by atomic mass is 10.1. The Morgan fingerprint density at radius 1 is 0.808 bits per heavy atom. The molecule has 0 amide bonds. The smallest absolute Gasteiger partial charge is 0.382 e. The SMILES string of the molecule is CCCCCCCCCOS(=O)(=O)Oc1ccccc1.CCOCC.N. The van der Waals surface area contributed by atoms with Crippen LogP contribution < -0.4 is 10.3 Å². The van der Waals surface area contributed by atoms with Gasteiger partial charge < -0.3 is 15.1 Å². The first kappa shape index (κ1) is 27.1. The van der Waals surface area contributed by atoms with E-state index in [1.165, 1.54) is 25.7 Å². The summed E-state index contributed by atoms with van der Waals surface area (Å²) in [6.07, 6.45) is 7.83. The molecule has 0 aliphatic carbocycles. The number of benzene rings is 1. The highest BCUT2D eigenvalue weighted by Gasteiger charge is 2.12. The molecule has 0 aromatic heterocycles. The molecule has 0 unspecified atom stereocenters. The number of para-hydroxylation sites is 1. The molecule has 0 atom stereocenters. The molecule has 0 aliphatic rings. The molecule has 1 aromatic rings. The minimum atomic E-state index is -3.94. The Morgan fingerprint density at radius 2 is 1.35 bits per heavy atom. The molecule has 1 aromatic carbocycles. The van der Waals surface area contributed by atoms with Crippen LogP contribution in [0.1, 0.15) is 65.7 Å². The van der Waals surface area contributed by atoms with Gasteiger partial charge in [-0.2, -0.15) is 8.42 Å². The molecule has 6 nitrogen and oxygen atoms in total. The molecule has 3 N–H and O–H groups in total. The fraction of sp³-hybridized carbons (Fsp3) is 0.684. The van der Waals surface area contributed by atoms with Gasteiger partial charge in [-0.05, 0) is 32.4 Å². The van der Waals surface area contributed by atoms with Crippen molar-refractivity contribution in [1.29, 1.82) is 0 Å². The van der Waals surface area contributed by atoms with Crippen LogP contribution in [0.15, 0.2) is 30.3 Å². The van der Waals surface area contributed by atoms with Gasteiger partial charge in [0.15, 0.2) is 0 Å². The van der Waals surface area contributed by atoms with Gasteiger partial charge in [-0.15, -0.1) is 0 Å². The summed E-state index contributed by atoms with van der Waals surface area (Å²) in [5, 5.41) is 0. The quantitative estimate of drug-likeness (QED) is 0.459. The van der Waals surface area contributed by atoms with Gasteiger partial charge in [0.2, 0.25) is 0 Å². The zero-order valence-electron chi connectivity index (χ0n) is 16.6. The Balaban J connectivity index is 0. The highest BCUT2D eigenvalue weighted by atomic mass is 32.3. The minimum Gasteiger partial charge on any atom is -0.382 e. The van der Waals surface area contributed by atoms with Crippen LogP contribution in [0.3, 0.4) is 0 Å². The van der Waals surface area contributed by atoms with Crippen molar-refractivity contribution in [3.63, 3.8) is 0 Å². The highest BCUT2D eigenvalue weighted by Crippen LogP contribution is 2.13. The number of rotatable bonds is 13. The van der Waals surface area contributed by atoms with Crippen molar-refractivity contribution in [1.82, 2.24) is 6.15 Å². The molecule has 154 valence electrons. The van der Waals surface area contributed by atoms with Gasteiger partial charge in [0.1, 0.15) is 5.75 Å². The number of hydrogen-bond acceptors (Lipinski definition) is 6. The van der Waals surface area contributed by atoms with E-state index < -0.39 is 10.4 Å². The normalized spacial score (nSPS) is 10.4. The average molecular weight is 392 g/mol. The molecule has 0 saturated heterocycles. The first-order valence-corrected chi connectivity index (χ1v) is 10.6. The predicted molar refractivity (Wildman–Crippen MR) is 107 cm³/mol. The van der Waals surface area contributed by atoms with Gasteiger partial charge >= 0.3 is 10.4 Å². The summed E-state index contributed by atoms with van der Waals surface area (Å²) in [6.45, 7) is 8.04. The monoisotopic (exact) mass is 391 g/mol. The summed E-state index contributed by atoms with van der Waals surface area (Å²) < 4.78 is 37.5. The van der Waals surface area contributed by atoms with E-state index in [1.807, 2.05) is 13.8 Å². The molecule has 0 radical (unpaired) electrons. The maximum absolute atomic E-state index is 11.5. The topological polar surface area (TPSA) is 96.8 Å². The molecule has 0 fully saturated rings. The molecule has 0 bridgehead atoms. The van der Waals surface area contributed by atoms with Gasteiger partial charge in [-0.3, -0.25) is 0 Å². The molecule has 0 aliphatic heterocycles. The van der Waals surface area contributed by atoms with Crippen molar-refractivity contribution in [3.05, 3.63) is 30.3 Å². The van der Waals surface area contributed by atoms with E-state index in [9.17, 15) is 8.42 Å². The second kappa shape index (κ2) is 18.6. The fourth-order valence-corrected chi connectivity index (χ4v) is 2.76. The van der Waals surface area contributed by atoms with E-state index in [0.29, 0.717) is 0 Å². The molecule has 0 saturated carbocycles. The second-order valence-electron chi connectivity index (χ2n) is 5.53. The van der Waals surface area contributed by atoms with Crippen molar-refractivity contribution in [2.24, 2.45) is 0 Å². The van der Waals surface area contributed by atoms with E-state index in [-0.39, 0.29) is 18.5 Å². The largest absolute Gasteiger partial charge is 0.449 e. The molecule has 1 rings (SSSR count). The van der Waals surface area contributed by atoms with E-state index in [0.717, 1.165) is 32.5 Å². The van der Waals surface area contributed by atoms with Gasteiger partial charge in [0.05, 0.1) is 6.61 Å². The molecule has 26 heavy (non-hydrogen) atoms. The average Bonchev–Trinajstić information content (AvgIpc) is 2.59. The van der Waals surface area contributed by atoms with Gasteiger partial charge in [-0.25, -0.2) is 4.18 Å². The first-order chi connectivity index (χ1) is 12.1. The minimum absolute atomic E-state index is 0. The van der Waals surface area contributed by atoms with Crippen molar-refractivity contribution in [2.45, 2.75) is 65.7 Å². The lowest BCUT2D eigenvalue weighted by molar-refractivity contribution is 0.162. The summed E-state index contributed by atoms with van der Waals surface area (Å²) in [4.78, 5) is 0. The van der Waals surface area contributed by atoms with Crippen LogP contribution in [0, 0.1) is 0 Å². The van der Waals surface area contributed by atoms with Crippen LogP contribution in [0.5, 0.6) is 5.75 Å². The van der Waals surface area contributed by atoms with Gasteiger partial charge in [0, 0.05) is 13.2 Å². The van der Waals surface area contributed by atoms with Gasteiger partial charge in [-0.1, -0.05) is 63.6 Å². The van der Waals surface area contributed by atoms with Crippen LogP contribution in [0.2, 0.25) is 0 Å². The Labute approximate surface area is 160 Å². The number of ether oxygens (including phenoxy) is 1. The maximum Gasteiger partial charge on any atom is 0.449 e. The van der Waals surface area contributed by atoms with Crippen LogP contribution in [-0.4, -0.2) is 28.2 Å². The standard InChI is InChI=1S/C15H24O4S.C4H10O.H3N/c1-2-3-4-5-6-7-11-14-18-20(16,17)19-15-12-9-8-10-13-15;1-3-5-4-2;/h8-10,12-13H,2-7,11,14H2,1H3;3-4H2,1-2H3;1H3. The molecular formula is C19H37NO5S. The van der Waals surface area contributed by atoms with Crippen molar-refractivity contribution >= 4 is 10.4 Å². The van der Waals surface area contributed by atoms with E-state index in [2.05, 4.69) is 6.92 Å². The lowest BCUT2D eigenvalue weighted by Gasteiger charge is -2.06. The van der Waals surface area contributed by atoms with Crippen LogP contribution >= 0.6 is 0 Å². The van der Waals surface area contributed by atoms with Crippen LogP contribution in [-0.2, 0) is 19.3 Å². The second-order valence-corrected chi connectivity index (χ2v) is 6.75. The lowest BCUT2D eigenvalue weighted by Crippen LogP contribution is -2.14. The van der Waals surface area contributed by atoms with Crippen molar-refractivity contribution in [2.75, 3.05) is 19.8 Å². The molecule has 7 heteroatoms. The zero-order valence-corrected chi connectivity index (χ0v) is 17.4. The van der Waals surface area contributed by atoms with E-state index in [1.54, 1.807) is 30.3 Å². The predicted octanol–water partition coefficient (Wildman–Crippen LogP) is 5.28. The Hall–Kier alpha value is -1.15. The molecule has 0 heterocycles. The Kier molecular flexibility index (Phi) is 19.4. The highest BCUT2D eigenvalue weighted by molar-refractivity contribution is 7.82. The van der Waals surface area contributed by atoms with Crippen molar-refractivity contribution in [3.8, 4) is 5.75 Å². The third-order valence-corrected chi connectivity index (χ3v) is 4.18. The van der Waals surface area contributed by atoms with Crippen LogP contribution in [0.25, 0.3) is 0 Å². The zero-order chi connectivity index (χ0) is 18.8. The third kappa shape index (κ3) is 17.7. The summed E-state index contributed by atoms with van der Waals surface area (Å²) in [7, 11) is -3.94. The molecule has 0 spiro atoms. The summed E-state index contributed by atoms with van der Waals surface area (Å²) in [5.41, 5.74) is 0. The van der Waals surface area contributed by atoms with Crippen LogP contribution in [0.4, 0.5) is 0 Å². The molecular weight excluding hydrogens is 354 g/mol. The maximum atomic E-state index is 11.5. The number of unbranched alkanes of at least 4 members (excludes halogenated alkanes) is 6. The summed E-state index contributed by atoms with van der Waals surface area (Å²) >= 11 is 0. The Morgan fingerprint density at radius 3 is 1.85 bits per heavy atom. The fourth-order valence-electron chi connectivity index (χ4n) is 2.04. The van der Waals surface area contributed by atoms with Gasteiger partial charge in [0.25, 0.3) is 0 Å².